The smallest absolute Gasteiger partial charge is 0.139 e. The van der Waals surface area contributed by atoms with E-state index < -0.39 is 0 Å². The van der Waals surface area contributed by atoms with Crippen LogP contribution in [-0.4, -0.2) is 5.78 Å². The fraction of sp³-hybridized carbons (Fsp3) is 0.923. The van der Waals surface area contributed by atoms with Crippen LogP contribution < -0.4 is 0 Å². The summed E-state index contributed by atoms with van der Waals surface area (Å²) in [6, 6.07) is 0. The van der Waals surface area contributed by atoms with E-state index >= 15 is 0 Å². The molecular weight excluding hydrogens is 172 g/mol. The summed E-state index contributed by atoms with van der Waals surface area (Å²) in [6.45, 7) is 4.63. The number of hydrogen-bond acceptors (Lipinski definition) is 1. The topological polar surface area (TPSA) is 17.1 Å². The SMILES string of the molecule is CC1CCC2(CCCCC2=O)C(C)C1. The number of carbonyl (C=O) groups excluding carboxylic acids is 1. The van der Waals surface area contributed by atoms with Crippen molar-refractivity contribution in [3.63, 3.8) is 0 Å². The van der Waals surface area contributed by atoms with E-state index in [1.54, 1.807) is 0 Å². The Bertz CT molecular complexity index is 233. The molecule has 2 aliphatic carbocycles. The van der Waals surface area contributed by atoms with Crippen LogP contribution in [0.25, 0.3) is 0 Å². The minimum absolute atomic E-state index is 0.116. The summed E-state index contributed by atoms with van der Waals surface area (Å²) < 4.78 is 0. The lowest BCUT2D eigenvalue weighted by molar-refractivity contribution is -0.137. The summed E-state index contributed by atoms with van der Waals surface area (Å²) in [5.41, 5.74) is 0.116. The Kier molecular flexibility index (Phi) is 2.68. The zero-order valence-corrected chi connectivity index (χ0v) is 9.51. The van der Waals surface area contributed by atoms with Gasteiger partial charge in [0, 0.05) is 11.8 Å². The van der Waals surface area contributed by atoms with Crippen molar-refractivity contribution in [2.45, 2.75) is 58.8 Å². The molecule has 0 heterocycles. The Morgan fingerprint density at radius 2 is 2.00 bits per heavy atom. The van der Waals surface area contributed by atoms with Gasteiger partial charge >= 0.3 is 0 Å². The van der Waals surface area contributed by atoms with Crippen molar-refractivity contribution in [3.8, 4) is 0 Å². The number of hydrogen-bond donors (Lipinski definition) is 0. The van der Waals surface area contributed by atoms with Gasteiger partial charge in [0.1, 0.15) is 5.78 Å². The summed E-state index contributed by atoms with van der Waals surface area (Å²) in [5.74, 6) is 2.06. The van der Waals surface area contributed by atoms with Gasteiger partial charge in [-0.05, 0) is 43.9 Å². The van der Waals surface area contributed by atoms with Crippen LogP contribution in [0.2, 0.25) is 0 Å². The summed E-state index contributed by atoms with van der Waals surface area (Å²) in [6.07, 6.45) is 8.18. The minimum atomic E-state index is 0.116. The second-order valence-corrected chi connectivity index (χ2v) is 5.57. The highest BCUT2D eigenvalue weighted by atomic mass is 16.1. The molecule has 3 atom stereocenters. The Balaban J connectivity index is 2.16. The van der Waals surface area contributed by atoms with Gasteiger partial charge in [0.2, 0.25) is 0 Å². The first-order valence-corrected chi connectivity index (χ1v) is 6.18. The monoisotopic (exact) mass is 194 g/mol. The van der Waals surface area contributed by atoms with Crippen LogP contribution >= 0.6 is 0 Å². The van der Waals surface area contributed by atoms with Crippen molar-refractivity contribution in [3.05, 3.63) is 0 Å². The third-order valence-corrected chi connectivity index (χ3v) is 4.61. The van der Waals surface area contributed by atoms with E-state index in [1.807, 2.05) is 0 Å². The highest BCUT2D eigenvalue weighted by Gasteiger charge is 2.46. The van der Waals surface area contributed by atoms with Crippen LogP contribution in [0.5, 0.6) is 0 Å². The molecule has 0 aromatic rings. The Morgan fingerprint density at radius 1 is 1.21 bits per heavy atom. The predicted octanol–water partition coefficient (Wildman–Crippen LogP) is 3.57. The van der Waals surface area contributed by atoms with E-state index in [0.717, 1.165) is 18.8 Å². The molecular formula is C13H22O. The fourth-order valence-corrected chi connectivity index (χ4v) is 3.60. The minimum Gasteiger partial charge on any atom is -0.299 e. The molecule has 14 heavy (non-hydrogen) atoms. The third kappa shape index (κ3) is 1.51. The number of Topliss-reactive ketones (excluding diaryl/α,β-unsaturated/α-hetero) is 1. The molecule has 2 aliphatic rings. The molecule has 3 unspecified atom stereocenters. The van der Waals surface area contributed by atoms with Gasteiger partial charge in [0.25, 0.3) is 0 Å². The standard InChI is InChI=1S/C13H22O/c1-10-6-8-13(11(2)9-10)7-4-3-5-12(13)14/h10-11H,3-9H2,1-2H3. The van der Waals surface area contributed by atoms with Gasteiger partial charge in [-0.25, -0.2) is 0 Å². The molecule has 0 bridgehead atoms. The van der Waals surface area contributed by atoms with E-state index in [-0.39, 0.29) is 5.41 Å². The van der Waals surface area contributed by atoms with Gasteiger partial charge in [-0.2, -0.15) is 0 Å². The van der Waals surface area contributed by atoms with Crippen LogP contribution in [-0.2, 0) is 4.79 Å². The molecule has 1 spiro atoms. The van der Waals surface area contributed by atoms with Crippen molar-refractivity contribution >= 4 is 5.78 Å². The molecule has 1 heteroatoms. The largest absolute Gasteiger partial charge is 0.299 e. The highest BCUT2D eigenvalue weighted by Crippen LogP contribution is 2.50. The molecule has 0 amide bonds. The Hall–Kier alpha value is -0.330. The first kappa shape index (κ1) is 10.2. The van der Waals surface area contributed by atoms with E-state index in [0.29, 0.717) is 11.7 Å². The second-order valence-electron chi connectivity index (χ2n) is 5.57. The molecule has 0 aromatic carbocycles. The van der Waals surface area contributed by atoms with Crippen molar-refractivity contribution in [1.29, 1.82) is 0 Å². The van der Waals surface area contributed by atoms with Crippen LogP contribution in [0.15, 0.2) is 0 Å². The lowest BCUT2D eigenvalue weighted by Gasteiger charge is -2.45. The van der Waals surface area contributed by atoms with E-state index in [4.69, 9.17) is 0 Å². The molecule has 80 valence electrons. The maximum Gasteiger partial charge on any atom is 0.139 e. The van der Waals surface area contributed by atoms with Crippen molar-refractivity contribution in [2.24, 2.45) is 17.3 Å². The zero-order valence-electron chi connectivity index (χ0n) is 9.51. The molecule has 0 aromatic heterocycles. The lowest BCUT2D eigenvalue weighted by Crippen LogP contribution is -2.43. The average molecular weight is 194 g/mol. The van der Waals surface area contributed by atoms with Crippen molar-refractivity contribution < 1.29 is 4.79 Å². The highest BCUT2D eigenvalue weighted by molar-refractivity contribution is 5.85. The third-order valence-electron chi connectivity index (χ3n) is 4.61. The summed E-state index contributed by atoms with van der Waals surface area (Å²) in [4.78, 5) is 12.1. The number of ketones is 1. The molecule has 0 radical (unpaired) electrons. The lowest BCUT2D eigenvalue weighted by atomic mass is 9.57. The van der Waals surface area contributed by atoms with Crippen molar-refractivity contribution in [1.82, 2.24) is 0 Å². The maximum absolute atomic E-state index is 12.1. The molecule has 0 saturated heterocycles. The number of rotatable bonds is 0. The molecule has 1 nitrogen and oxygen atoms in total. The summed E-state index contributed by atoms with van der Waals surface area (Å²) >= 11 is 0. The molecule has 0 N–H and O–H groups in total. The second kappa shape index (κ2) is 3.67. The van der Waals surface area contributed by atoms with E-state index in [2.05, 4.69) is 13.8 Å². The summed E-state index contributed by atoms with van der Waals surface area (Å²) in [7, 11) is 0. The van der Waals surface area contributed by atoms with Crippen LogP contribution in [0.3, 0.4) is 0 Å². The maximum atomic E-state index is 12.1. The predicted molar refractivity (Wildman–Crippen MR) is 58.1 cm³/mol. The van der Waals surface area contributed by atoms with Gasteiger partial charge in [-0.1, -0.05) is 20.3 Å². The van der Waals surface area contributed by atoms with Crippen LogP contribution in [0.4, 0.5) is 0 Å². The van der Waals surface area contributed by atoms with Gasteiger partial charge in [0.05, 0.1) is 0 Å². The van der Waals surface area contributed by atoms with E-state index in [9.17, 15) is 4.79 Å². The molecule has 2 fully saturated rings. The van der Waals surface area contributed by atoms with Gasteiger partial charge < -0.3 is 0 Å². The van der Waals surface area contributed by atoms with Gasteiger partial charge in [0.15, 0.2) is 0 Å². The van der Waals surface area contributed by atoms with Gasteiger partial charge in [-0.15, -0.1) is 0 Å². The Labute approximate surface area is 87.3 Å². The quantitative estimate of drug-likeness (QED) is 0.576. The normalized spacial score (nSPS) is 44.3. The van der Waals surface area contributed by atoms with Crippen LogP contribution in [0.1, 0.15) is 58.8 Å². The van der Waals surface area contributed by atoms with Crippen LogP contribution in [0, 0.1) is 17.3 Å². The first-order valence-electron chi connectivity index (χ1n) is 6.18. The Morgan fingerprint density at radius 3 is 2.64 bits per heavy atom. The molecule has 2 saturated carbocycles. The zero-order chi connectivity index (χ0) is 10.2. The number of carbonyl (C=O) groups is 1. The average Bonchev–Trinajstić information content (AvgIpc) is 2.15. The summed E-state index contributed by atoms with van der Waals surface area (Å²) in [5, 5.41) is 0. The fourth-order valence-electron chi connectivity index (χ4n) is 3.60. The molecule has 2 rings (SSSR count). The van der Waals surface area contributed by atoms with Gasteiger partial charge in [-0.3, -0.25) is 4.79 Å². The molecule has 0 aliphatic heterocycles. The van der Waals surface area contributed by atoms with Crippen molar-refractivity contribution in [2.75, 3.05) is 0 Å². The van der Waals surface area contributed by atoms with E-state index in [1.165, 1.54) is 32.1 Å². The first-order chi connectivity index (χ1) is 6.65.